The van der Waals surface area contributed by atoms with Crippen LogP contribution in [-0.4, -0.2) is 19.4 Å². The Morgan fingerprint density at radius 3 is 2.71 bits per heavy atom. The number of imidazole rings is 1. The van der Waals surface area contributed by atoms with Crippen molar-refractivity contribution in [3.63, 3.8) is 0 Å². The maximum absolute atomic E-state index is 13.1. The highest BCUT2D eigenvalue weighted by Gasteiger charge is 2.11. The number of nitriles is 1. The van der Waals surface area contributed by atoms with Gasteiger partial charge in [-0.05, 0) is 30.3 Å². The Hall–Kier alpha value is -3.59. The molecule has 0 radical (unpaired) electrons. The number of hydrogen-bond donors (Lipinski definition) is 0. The SMILES string of the molecule is N#Cc1cnc2ccc(-c3cccnc3-c3ccc(F)cn3)cn12. The smallest absolute Gasteiger partial charge is 0.144 e. The summed E-state index contributed by atoms with van der Waals surface area (Å²) in [4.78, 5) is 12.7. The molecule has 24 heavy (non-hydrogen) atoms. The number of aromatic nitrogens is 4. The molecule has 4 heterocycles. The Bertz CT molecular complexity index is 1080. The summed E-state index contributed by atoms with van der Waals surface area (Å²) in [5.74, 6) is -0.394. The van der Waals surface area contributed by atoms with Crippen molar-refractivity contribution in [1.82, 2.24) is 19.4 Å². The first-order valence-electron chi connectivity index (χ1n) is 7.21. The Kier molecular flexibility index (Phi) is 3.25. The van der Waals surface area contributed by atoms with Crippen molar-refractivity contribution in [3.8, 4) is 28.6 Å². The van der Waals surface area contributed by atoms with E-state index in [2.05, 4.69) is 21.0 Å². The largest absolute Gasteiger partial charge is 0.291 e. The molecule has 0 spiro atoms. The fraction of sp³-hybridized carbons (Fsp3) is 0. The third-order valence-corrected chi connectivity index (χ3v) is 3.71. The summed E-state index contributed by atoms with van der Waals surface area (Å²) in [6.45, 7) is 0. The average Bonchev–Trinajstić information content (AvgIpc) is 3.04. The van der Waals surface area contributed by atoms with E-state index in [1.54, 1.807) is 16.7 Å². The summed E-state index contributed by atoms with van der Waals surface area (Å²) in [5, 5.41) is 9.18. The Labute approximate surface area is 136 Å². The second-order valence-corrected chi connectivity index (χ2v) is 5.16. The van der Waals surface area contributed by atoms with Crippen LogP contribution in [0.1, 0.15) is 5.69 Å². The number of nitrogens with zero attached hydrogens (tertiary/aromatic N) is 5. The zero-order valence-corrected chi connectivity index (χ0v) is 12.4. The Balaban J connectivity index is 1.91. The second-order valence-electron chi connectivity index (χ2n) is 5.16. The van der Waals surface area contributed by atoms with E-state index in [4.69, 9.17) is 0 Å². The van der Waals surface area contributed by atoms with Crippen molar-refractivity contribution in [3.05, 3.63) is 72.7 Å². The maximum Gasteiger partial charge on any atom is 0.144 e. The minimum atomic E-state index is -0.394. The minimum Gasteiger partial charge on any atom is -0.291 e. The molecule has 6 heteroatoms. The van der Waals surface area contributed by atoms with E-state index in [1.807, 2.05) is 30.5 Å². The van der Waals surface area contributed by atoms with E-state index in [0.717, 1.165) is 11.1 Å². The molecule has 0 fully saturated rings. The van der Waals surface area contributed by atoms with E-state index in [9.17, 15) is 9.65 Å². The fourth-order valence-corrected chi connectivity index (χ4v) is 2.58. The first kappa shape index (κ1) is 14.0. The normalized spacial score (nSPS) is 10.7. The number of hydrogen-bond acceptors (Lipinski definition) is 4. The zero-order chi connectivity index (χ0) is 16.5. The number of fused-ring (bicyclic) bond motifs is 1. The highest BCUT2D eigenvalue weighted by Crippen LogP contribution is 2.29. The molecule has 0 bridgehead atoms. The Morgan fingerprint density at radius 2 is 1.92 bits per heavy atom. The van der Waals surface area contributed by atoms with Gasteiger partial charge in [-0.2, -0.15) is 5.26 Å². The van der Waals surface area contributed by atoms with Crippen LogP contribution in [0.3, 0.4) is 0 Å². The fourth-order valence-electron chi connectivity index (χ4n) is 2.58. The van der Waals surface area contributed by atoms with E-state index < -0.39 is 5.82 Å². The second kappa shape index (κ2) is 5.56. The number of pyridine rings is 3. The van der Waals surface area contributed by atoms with Crippen LogP contribution >= 0.6 is 0 Å². The molecule has 5 nitrogen and oxygen atoms in total. The van der Waals surface area contributed by atoms with Gasteiger partial charge in [0.05, 0.1) is 23.8 Å². The summed E-state index contributed by atoms with van der Waals surface area (Å²) >= 11 is 0. The molecule has 0 atom stereocenters. The molecule has 0 aliphatic carbocycles. The van der Waals surface area contributed by atoms with Crippen LogP contribution < -0.4 is 0 Å². The maximum atomic E-state index is 13.1. The van der Waals surface area contributed by atoms with Gasteiger partial charge < -0.3 is 0 Å². The first-order valence-corrected chi connectivity index (χ1v) is 7.21. The molecular weight excluding hydrogens is 305 g/mol. The third-order valence-electron chi connectivity index (χ3n) is 3.71. The van der Waals surface area contributed by atoms with Crippen LogP contribution in [-0.2, 0) is 0 Å². The van der Waals surface area contributed by atoms with Gasteiger partial charge in [0.1, 0.15) is 23.2 Å². The lowest BCUT2D eigenvalue weighted by Crippen LogP contribution is -1.94. The molecular formula is C18H10FN5. The lowest BCUT2D eigenvalue weighted by atomic mass is 10.0. The highest BCUT2D eigenvalue weighted by molar-refractivity contribution is 5.79. The predicted octanol–water partition coefficient (Wildman–Crippen LogP) is 3.47. The molecule has 114 valence electrons. The molecule has 0 amide bonds. The van der Waals surface area contributed by atoms with Crippen LogP contribution in [0.15, 0.2) is 61.2 Å². The van der Waals surface area contributed by atoms with Crippen LogP contribution in [0, 0.1) is 17.1 Å². The number of halogens is 1. The van der Waals surface area contributed by atoms with Gasteiger partial charge in [0.2, 0.25) is 0 Å². The van der Waals surface area contributed by atoms with Crippen LogP contribution in [0.4, 0.5) is 4.39 Å². The lowest BCUT2D eigenvalue weighted by Gasteiger charge is -2.09. The van der Waals surface area contributed by atoms with Crippen molar-refractivity contribution in [2.75, 3.05) is 0 Å². The van der Waals surface area contributed by atoms with Crippen LogP contribution in [0.5, 0.6) is 0 Å². The summed E-state index contributed by atoms with van der Waals surface area (Å²) in [5.41, 5.74) is 4.09. The molecule has 0 saturated heterocycles. The quantitative estimate of drug-likeness (QED) is 0.568. The lowest BCUT2D eigenvalue weighted by molar-refractivity contribution is 0.622. The van der Waals surface area contributed by atoms with E-state index in [-0.39, 0.29) is 0 Å². The highest BCUT2D eigenvalue weighted by atomic mass is 19.1. The Morgan fingerprint density at radius 1 is 1.00 bits per heavy atom. The molecule has 4 aromatic rings. The monoisotopic (exact) mass is 315 g/mol. The number of rotatable bonds is 2. The average molecular weight is 315 g/mol. The molecule has 0 saturated carbocycles. The molecule has 0 unspecified atom stereocenters. The van der Waals surface area contributed by atoms with Crippen LogP contribution in [0.2, 0.25) is 0 Å². The van der Waals surface area contributed by atoms with Crippen molar-refractivity contribution in [1.29, 1.82) is 5.26 Å². The van der Waals surface area contributed by atoms with Crippen molar-refractivity contribution < 1.29 is 4.39 Å². The van der Waals surface area contributed by atoms with Gasteiger partial charge in [-0.25, -0.2) is 9.37 Å². The summed E-state index contributed by atoms with van der Waals surface area (Å²) in [7, 11) is 0. The van der Waals surface area contributed by atoms with E-state index >= 15 is 0 Å². The summed E-state index contributed by atoms with van der Waals surface area (Å²) in [6.07, 6.45) is 6.21. The predicted molar refractivity (Wildman–Crippen MR) is 86.3 cm³/mol. The minimum absolute atomic E-state index is 0.394. The van der Waals surface area contributed by atoms with Gasteiger partial charge in [0.15, 0.2) is 0 Å². The van der Waals surface area contributed by atoms with Crippen molar-refractivity contribution in [2.24, 2.45) is 0 Å². The van der Waals surface area contributed by atoms with E-state index in [1.165, 1.54) is 18.5 Å². The molecule has 0 N–H and O–H groups in total. The summed E-state index contributed by atoms with van der Waals surface area (Å²) < 4.78 is 14.9. The van der Waals surface area contributed by atoms with Gasteiger partial charge in [-0.1, -0.05) is 6.07 Å². The van der Waals surface area contributed by atoms with Gasteiger partial charge in [0, 0.05) is 23.5 Å². The van der Waals surface area contributed by atoms with E-state index in [0.29, 0.717) is 22.7 Å². The van der Waals surface area contributed by atoms with Gasteiger partial charge in [-0.15, -0.1) is 0 Å². The molecule has 4 aromatic heterocycles. The summed E-state index contributed by atoms with van der Waals surface area (Å²) in [6, 6.07) is 12.5. The molecule has 0 aromatic carbocycles. The van der Waals surface area contributed by atoms with Crippen LogP contribution in [0.25, 0.3) is 28.2 Å². The molecule has 4 rings (SSSR count). The third kappa shape index (κ3) is 2.29. The zero-order valence-electron chi connectivity index (χ0n) is 12.4. The van der Waals surface area contributed by atoms with Crippen molar-refractivity contribution >= 4 is 5.65 Å². The first-order chi connectivity index (χ1) is 11.8. The van der Waals surface area contributed by atoms with Gasteiger partial charge >= 0.3 is 0 Å². The van der Waals surface area contributed by atoms with Gasteiger partial charge in [-0.3, -0.25) is 14.4 Å². The van der Waals surface area contributed by atoms with Crippen molar-refractivity contribution in [2.45, 2.75) is 0 Å². The topological polar surface area (TPSA) is 66.9 Å². The molecule has 0 aliphatic rings. The molecule has 0 aliphatic heterocycles. The van der Waals surface area contributed by atoms with Gasteiger partial charge in [0.25, 0.3) is 0 Å². The standard InChI is InChI=1S/C18H10FN5/c19-13-4-5-16(22-9-13)18-15(2-1-7-21-18)12-3-6-17-23-10-14(8-20)24(17)11-12/h1-7,9-11H.